The predicted molar refractivity (Wildman–Crippen MR) is 151 cm³/mol. The van der Waals surface area contributed by atoms with Gasteiger partial charge in [-0.15, -0.1) is 0 Å². The number of likely N-dealkylation sites (tertiary alicyclic amines) is 1. The molecule has 0 aliphatic carbocycles. The van der Waals surface area contributed by atoms with E-state index in [1.54, 1.807) is 46.8 Å². The van der Waals surface area contributed by atoms with Crippen molar-refractivity contribution in [3.05, 3.63) is 76.4 Å². The van der Waals surface area contributed by atoms with Crippen LogP contribution in [0.1, 0.15) is 43.2 Å². The van der Waals surface area contributed by atoms with Gasteiger partial charge < -0.3 is 20.0 Å². The summed E-state index contributed by atoms with van der Waals surface area (Å²) in [6, 6.07) is 6.75. The summed E-state index contributed by atoms with van der Waals surface area (Å²) < 4.78 is 30.3. The van der Waals surface area contributed by atoms with Crippen molar-refractivity contribution in [2.75, 3.05) is 40.3 Å². The number of aromatic nitrogens is 3. The molecule has 1 fully saturated rings. The molecule has 12 heteroatoms. The fourth-order valence-corrected chi connectivity index (χ4v) is 5.82. The molecule has 0 spiro atoms. The summed E-state index contributed by atoms with van der Waals surface area (Å²) in [5, 5.41) is 3.08. The molecule has 0 radical (unpaired) electrons. The Morgan fingerprint density at radius 1 is 1.07 bits per heavy atom. The van der Waals surface area contributed by atoms with Gasteiger partial charge in [-0.1, -0.05) is 24.3 Å². The normalized spacial score (nSPS) is 21.7. The fraction of sp³-hybridized carbons (Fsp3) is 0.448. The van der Waals surface area contributed by atoms with Gasteiger partial charge in [0.05, 0.1) is 11.6 Å². The Labute approximate surface area is 236 Å². The van der Waals surface area contributed by atoms with Gasteiger partial charge in [-0.05, 0) is 49.4 Å². The first-order valence-electron chi connectivity index (χ1n) is 13.9. The van der Waals surface area contributed by atoms with E-state index >= 15 is 0 Å². The number of nitrogens with zero attached hydrogens (tertiary/aromatic N) is 5. The van der Waals surface area contributed by atoms with Crippen LogP contribution in [0, 0.1) is 11.6 Å². The Morgan fingerprint density at radius 3 is 2.71 bits per heavy atom. The van der Waals surface area contributed by atoms with Gasteiger partial charge in [-0.2, -0.15) is 0 Å². The van der Waals surface area contributed by atoms with Crippen LogP contribution in [-0.4, -0.2) is 87.6 Å². The molecule has 4 heterocycles. The Hall–Kier alpha value is -4.22. The van der Waals surface area contributed by atoms with E-state index in [1.807, 2.05) is 18.2 Å². The van der Waals surface area contributed by atoms with Gasteiger partial charge in [0.1, 0.15) is 0 Å². The number of hydrogen-bond donors (Lipinski definition) is 2. The van der Waals surface area contributed by atoms with Crippen molar-refractivity contribution >= 4 is 23.2 Å². The molecular formula is C29H35F2N7O3. The molecule has 10 nitrogen and oxygen atoms in total. The van der Waals surface area contributed by atoms with E-state index in [4.69, 9.17) is 0 Å². The maximum absolute atomic E-state index is 14.6. The zero-order valence-electron chi connectivity index (χ0n) is 23.2. The van der Waals surface area contributed by atoms with Crippen molar-refractivity contribution in [1.82, 2.24) is 34.6 Å². The minimum atomic E-state index is -0.916. The van der Waals surface area contributed by atoms with E-state index < -0.39 is 17.6 Å². The molecular weight excluding hydrogens is 532 g/mol. The van der Waals surface area contributed by atoms with Gasteiger partial charge in [0.2, 0.25) is 0 Å². The number of benzene rings is 1. The number of carbonyl (C=O) groups excluding carboxylic acids is 2. The highest BCUT2D eigenvalue weighted by Crippen LogP contribution is 2.30. The van der Waals surface area contributed by atoms with Crippen LogP contribution in [0.3, 0.4) is 0 Å². The molecule has 3 atom stereocenters. The van der Waals surface area contributed by atoms with Gasteiger partial charge in [0, 0.05) is 58.4 Å². The Morgan fingerprint density at radius 2 is 1.90 bits per heavy atom. The lowest BCUT2D eigenvalue weighted by molar-refractivity contribution is 0.163. The molecule has 2 aliphatic heterocycles. The molecule has 218 valence electrons. The Bertz CT molecular complexity index is 1500. The number of aromatic amines is 1. The fourth-order valence-electron chi connectivity index (χ4n) is 5.82. The quantitative estimate of drug-likeness (QED) is 0.469. The summed E-state index contributed by atoms with van der Waals surface area (Å²) in [5.74, 6) is -2.21. The minimum absolute atomic E-state index is 0.154. The van der Waals surface area contributed by atoms with Gasteiger partial charge in [0.25, 0.3) is 0 Å². The van der Waals surface area contributed by atoms with Crippen molar-refractivity contribution in [2.45, 2.75) is 43.7 Å². The lowest BCUT2D eigenvalue weighted by Gasteiger charge is -2.31. The second-order valence-corrected chi connectivity index (χ2v) is 10.9. The number of fused-ring (bicyclic) bond motifs is 1. The predicted octanol–water partition coefficient (Wildman–Crippen LogP) is 3.84. The molecule has 1 saturated heterocycles. The molecule has 0 bridgehead atoms. The molecule has 2 N–H and O–H groups in total. The van der Waals surface area contributed by atoms with Crippen LogP contribution >= 0.6 is 0 Å². The number of imidazole rings is 1. The molecule has 1 unspecified atom stereocenters. The van der Waals surface area contributed by atoms with Crippen molar-refractivity contribution in [3.8, 4) is 0 Å². The zero-order valence-corrected chi connectivity index (χ0v) is 23.2. The second-order valence-electron chi connectivity index (χ2n) is 10.9. The standard InChI is InChI=1S/C29H35F2N7O3/c1-35(2)29(41)37-17-19(22-9-3-10-23(30)25(22)31)12-13-20(18-37)33-27(39)36-15-5-7-21(8-6-16-36)38-24-11-4-14-32-26(24)34-28(38)40/h3-5,7,9-11,14,19-21H,6,8,12-13,15-18H2,1-2H3,(H,33,39)(H,32,34,40)/t19-,20-,21?/m1/s1. The van der Waals surface area contributed by atoms with E-state index in [1.165, 1.54) is 11.0 Å². The topological polar surface area (TPSA) is 107 Å². The molecule has 1 aromatic carbocycles. The summed E-state index contributed by atoms with van der Waals surface area (Å²) in [6.45, 7) is 1.34. The van der Waals surface area contributed by atoms with Crippen molar-refractivity contribution in [1.29, 1.82) is 0 Å². The van der Waals surface area contributed by atoms with Crippen LogP contribution in [-0.2, 0) is 0 Å². The molecule has 2 aromatic heterocycles. The van der Waals surface area contributed by atoms with Crippen molar-refractivity contribution < 1.29 is 18.4 Å². The number of urea groups is 2. The number of amides is 4. The number of nitrogens with one attached hydrogen (secondary N) is 2. The van der Waals surface area contributed by atoms with Crippen LogP contribution < -0.4 is 11.0 Å². The highest BCUT2D eigenvalue weighted by atomic mass is 19.2. The Balaban J connectivity index is 1.27. The molecule has 41 heavy (non-hydrogen) atoms. The summed E-state index contributed by atoms with van der Waals surface area (Å²) in [7, 11) is 3.28. The first-order chi connectivity index (χ1) is 19.7. The zero-order chi connectivity index (χ0) is 29.1. The monoisotopic (exact) mass is 567 g/mol. The number of halogens is 2. The average Bonchev–Trinajstić information content (AvgIpc) is 3.12. The summed E-state index contributed by atoms with van der Waals surface area (Å²) >= 11 is 0. The lowest BCUT2D eigenvalue weighted by atomic mass is 9.93. The SMILES string of the molecule is CN(C)C(=O)N1C[C@H](NC(=O)N2CC=CC(n3c(=O)[nH]c4ncccc43)CCC2)CC[C@@H](c2cccc(F)c2F)C1. The molecule has 4 amide bonds. The average molecular weight is 568 g/mol. The van der Waals surface area contributed by atoms with Gasteiger partial charge >= 0.3 is 17.8 Å². The third-order valence-electron chi connectivity index (χ3n) is 7.87. The smallest absolute Gasteiger partial charge is 0.328 e. The summed E-state index contributed by atoms with van der Waals surface area (Å²) in [5.41, 5.74) is 1.30. The van der Waals surface area contributed by atoms with Gasteiger partial charge in [-0.25, -0.2) is 28.1 Å². The lowest BCUT2D eigenvalue weighted by Crippen LogP contribution is -2.51. The maximum atomic E-state index is 14.6. The molecule has 5 rings (SSSR count). The number of H-pyrrole nitrogens is 1. The first kappa shape index (κ1) is 28.3. The first-order valence-corrected chi connectivity index (χ1v) is 13.9. The van der Waals surface area contributed by atoms with Crippen molar-refractivity contribution in [2.24, 2.45) is 0 Å². The summed E-state index contributed by atoms with van der Waals surface area (Å²) in [4.78, 5) is 50.7. The van der Waals surface area contributed by atoms with E-state index in [9.17, 15) is 23.2 Å². The van der Waals surface area contributed by atoms with E-state index in [0.717, 1.165) is 11.6 Å². The number of allylic oxidation sites excluding steroid dienone is 1. The van der Waals surface area contributed by atoms with E-state index in [2.05, 4.69) is 15.3 Å². The maximum Gasteiger partial charge on any atom is 0.328 e. The molecule has 3 aromatic rings. The Kier molecular flexibility index (Phi) is 8.36. The van der Waals surface area contributed by atoms with Crippen LogP contribution in [0.2, 0.25) is 0 Å². The molecule has 0 saturated carbocycles. The third-order valence-corrected chi connectivity index (χ3v) is 7.87. The van der Waals surface area contributed by atoms with Crippen LogP contribution in [0.25, 0.3) is 11.2 Å². The van der Waals surface area contributed by atoms with Crippen molar-refractivity contribution in [3.63, 3.8) is 0 Å². The van der Waals surface area contributed by atoms with Crippen LogP contribution in [0.15, 0.2) is 53.5 Å². The van der Waals surface area contributed by atoms with Crippen LogP contribution in [0.4, 0.5) is 18.4 Å². The second kappa shape index (κ2) is 12.1. The number of carbonyl (C=O) groups is 2. The van der Waals surface area contributed by atoms with E-state index in [-0.39, 0.29) is 48.5 Å². The highest BCUT2D eigenvalue weighted by Gasteiger charge is 2.32. The molecule has 2 aliphatic rings. The highest BCUT2D eigenvalue weighted by molar-refractivity contribution is 5.76. The van der Waals surface area contributed by atoms with Gasteiger partial charge in [0.15, 0.2) is 17.3 Å². The van der Waals surface area contributed by atoms with E-state index in [0.29, 0.717) is 44.4 Å². The van der Waals surface area contributed by atoms with Crippen LogP contribution in [0.5, 0.6) is 0 Å². The third kappa shape index (κ3) is 6.10. The summed E-state index contributed by atoms with van der Waals surface area (Å²) in [6.07, 6.45) is 7.81. The van der Waals surface area contributed by atoms with Gasteiger partial charge in [-0.3, -0.25) is 9.55 Å². The number of rotatable bonds is 3. The number of pyridine rings is 1. The minimum Gasteiger partial charge on any atom is -0.333 e. The largest absolute Gasteiger partial charge is 0.333 e. The number of hydrogen-bond acceptors (Lipinski definition) is 4.